The Morgan fingerprint density at radius 2 is 1.68 bits per heavy atom. The number of nitrogens with one attached hydrogen (secondary N) is 1. The predicted molar refractivity (Wildman–Crippen MR) is 102 cm³/mol. The van der Waals surface area contributed by atoms with Gasteiger partial charge in [0.2, 0.25) is 0 Å². The van der Waals surface area contributed by atoms with Gasteiger partial charge in [0.25, 0.3) is 5.91 Å². The smallest absolute Gasteiger partial charge is 0.277 e. The molecule has 25 heavy (non-hydrogen) atoms. The van der Waals surface area contributed by atoms with Crippen LogP contribution in [0.1, 0.15) is 45.2 Å². The van der Waals surface area contributed by atoms with Gasteiger partial charge in [-0.3, -0.25) is 4.79 Å². The molecule has 1 amide bonds. The van der Waals surface area contributed by atoms with E-state index in [1.165, 1.54) is 5.56 Å². The number of amides is 1. The molecule has 0 saturated heterocycles. The number of carbonyl (C=O) groups excluding carboxylic acids is 1. The fourth-order valence-electron chi connectivity index (χ4n) is 2.34. The second-order valence-corrected chi connectivity index (χ2v) is 6.88. The first-order valence-electron chi connectivity index (χ1n) is 8.54. The molecule has 0 aliphatic rings. The predicted octanol–water partition coefficient (Wildman–Crippen LogP) is 4.29. The summed E-state index contributed by atoms with van der Waals surface area (Å²) in [5.74, 6) is 0.396. The molecule has 2 aromatic carbocycles. The Balaban J connectivity index is 1.89. The van der Waals surface area contributed by atoms with Crippen molar-refractivity contribution < 1.29 is 9.53 Å². The molecule has 0 unspecified atom stereocenters. The van der Waals surface area contributed by atoms with Crippen molar-refractivity contribution in [2.24, 2.45) is 5.10 Å². The highest BCUT2D eigenvalue weighted by molar-refractivity contribution is 6.00. The van der Waals surface area contributed by atoms with Gasteiger partial charge in [-0.25, -0.2) is 5.43 Å². The third kappa shape index (κ3) is 5.75. The summed E-state index contributed by atoms with van der Waals surface area (Å²) in [5, 5.41) is 4.21. The van der Waals surface area contributed by atoms with Gasteiger partial charge < -0.3 is 4.74 Å². The Bertz CT molecular complexity index is 714. The SMILES string of the molecule is CC/C(=N\NC(=O)COc1ccc(C(C)(C)C)cc1)c1ccccc1. The summed E-state index contributed by atoms with van der Waals surface area (Å²) in [7, 11) is 0. The first-order chi connectivity index (χ1) is 11.9. The van der Waals surface area contributed by atoms with Crippen molar-refractivity contribution in [3.8, 4) is 5.75 Å². The third-order valence-electron chi connectivity index (χ3n) is 3.85. The van der Waals surface area contributed by atoms with Gasteiger partial charge in [-0.2, -0.15) is 5.10 Å². The molecule has 4 nitrogen and oxygen atoms in total. The maximum atomic E-state index is 12.0. The molecule has 2 rings (SSSR count). The second-order valence-electron chi connectivity index (χ2n) is 6.88. The van der Waals surface area contributed by atoms with Gasteiger partial charge in [-0.05, 0) is 35.1 Å². The highest BCUT2D eigenvalue weighted by atomic mass is 16.5. The van der Waals surface area contributed by atoms with Crippen LogP contribution in [0.2, 0.25) is 0 Å². The van der Waals surface area contributed by atoms with E-state index in [1.807, 2.05) is 61.5 Å². The summed E-state index contributed by atoms with van der Waals surface area (Å²) < 4.78 is 5.53. The average molecular weight is 338 g/mol. The van der Waals surface area contributed by atoms with Gasteiger partial charge in [0.1, 0.15) is 5.75 Å². The summed E-state index contributed by atoms with van der Waals surface area (Å²) in [6, 6.07) is 17.6. The fourth-order valence-corrected chi connectivity index (χ4v) is 2.34. The first-order valence-corrected chi connectivity index (χ1v) is 8.54. The van der Waals surface area contributed by atoms with Gasteiger partial charge in [-0.1, -0.05) is 70.2 Å². The fraction of sp³-hybridized carbons (Fsp3) is 0.333. The normalized spacial score (nSPS) is 11.9. The van der Waals surface area contributed by atoms with Crippen molar-refractivity contribution in [3.63, 3.8) is 0 Å². The molecule has 4 heteroatoms. The van der Waals surface area contributed by atoms with E-state index in [1.54, 1.807) is 0 Å². The Kier molecular flexibility index (Phi) is 6.34. The van der Waals surface area contributed by atoms with E-state index in [0.29, 0.717) is 5.75 Å². The molecule has 0 bridgehead atoms. The number of ether oxygens (including phenoxy) is 1. The molecule has 0 aromatic heterocycles. The van der Waals surface area contributed by atoms with Crippen LogP contribution >= 0.6 is 0 Å². The molecule has 0 heterocycles. The molecule has 132 valence electrons. The van der Waals surface area contributed by atoms with Gasteiger partial charge in [0.05, 0.1) is 5.71 Å². The Morgan fingerprint density at radius 1 is 1.04 bits per heavy atom. The second kappa shape index (κ2) is 8.47. The summed E-state index contributed by atoms with van der Waals surface area (Å²) >= 11 is 0. The number of carbonyl (C=O) groups is 1. The maximum absolute atomic E-state index is 12.0. The topological polar surface area (TPSA) is 50.7 Å². The van der Waals surface area contributed by atoms with Crippen LogP contribution < -0.4 is 10.2 Å². The molecule has 0 radical (unpaired) electrons. The molecule has 0 saturated carbocycles. The minimum Gasteiger partial charge on any atom is -0.484 e. The largest absolute Gasteiger partial charge is 0.484 e. The van der Waals surface area contributed by atoms with Crippen molar-refractivity contribution in [3.05, 3.63) is 65.7 Å². The van der Waals surface area contributed by atoms with Crippen molar-refractivity contribution >= 4 is 11.6 Å². The lowest BCUT2D eigenvalue weighted by molar-refractivity contribution is -0.123. The number of nitrogens with zero attached hydrogens (tertiary/aromatic N) is 1. The van der Waals surface area contributed by atoms with Gasteiger partial charge in [0.15, 0.2) is 6.61 Å². The molecule has 0 fully saturated rings. The van der Waals surface area contributed by atoms with Crippen LogP contribution in [0, 0.1) is 0 Å². The zero-order valence-corrected chi connectivity index (χ0v) is 15.4. The first kappa shape index (κ1) is 18.7. The zero-order valence-electron chi connectivity index (χ0n) is 15.4. The number of hydrazone groups is 1. The zero-order chi connectivity index (χ0) is 18.3. The lowest BCUT2D eigenvalue weighted by Gasteiger charge is -2.19. The van der Waals surface area contributed by atoms with Crippen LogP contribution in [0.15, 0.2) is 59.7 Å². The van der Waals surface area contributed by atoms with Crippen molar-refractivity contribution in [2.75, 3.05) is 6.61 Å². The molecule has 0 aliphatic carbocycles. The molecule has 2 aromatic rings. The minimum atomic E-state index is -0.276. The molecule has 0 atom stereocenters. The van der Waals surface area contributed by atoms with E-state index < -0.39 is 0 Å². The van der Waals surface area contributed by atoms with Crippen molar-refractivity contribution in [1.82, 2.24) is 5.43 Å². The minimum absolute atomic E-state index is 0.0653. The highest BCUT2D eigenvalue weighted by Crippen LogP contribution is 2.24. The van der Waals surface area contributed by atoms with E-state index >= 15 is 0 Å². The van der Waals surface area contributed by atoms with E-state index in [0.717, 1.165) is 17.7 Å². The van der Waals surface area contributed by atoms with Crippen LogP contribution in [-0.4, -0.2) is 18.2 Å². The van der Waals surface area contributed by atoms with Gasteiger partial charge in [0, 0.05) is 0 Å². The standard InChI is InChI=1S/C21H26N2O2/c1-5-19(16-9-7-6-8-10-16)22-23-20(24)15-25-18-13-11-17(12-14-18)21(2,3)4/h6-14H,5,15H2,1-4H3,(H,23,24)/b22-19+. The Hall–Kier alpha value is -2.62. The lowest BCUT2D eigenvalue weighted by Crippen LogP contribution is -2.26. The molecular weight excluding hydrogens is 312 g/mol. The van der Waals surface area contributed by atoms with Gasteiger partial charge >= 0.3 is 0 Å². The number of rotatable bonds is 6. The van der Waals surface area contributed by atoms with E-state index in [2.05, 4.69) is 31.3 Å². The van der Waals surface area contributed by atoms with Gasteiger partial charge in [-0.15, -0.1) is 0 Å². The summed E-state index contributed by atoms with van der Waals surface area (Å²) in [4.78, 5) is 12.0. The van der Waals surface area contributed by atoms with E-state index in [-0.39, 0.29) is 17.9 Å². The number of benzene rings is 2. The van der Waals surface area contributed by atoms with Crippen LogP contribution in [0.3, 0.4) is 0 Å². The van der Waals surface area contributed by atoms with Crippen LogP contribution in [0.25, 0.3) is 0 Å². The van der Waals surface area contributed by atoms with Crippen molar-refractivity contribution in [1.29, 1.82) is 0 Å². The van der Waals surface area contributed by atoms with Crippen LogP contribution in [-0.2, 0) is 10.2 Å². The van der Waals surface area contributed by atoms with Crippen LogP contribution in [0.5, 0.6) is 5.75 Å². The Morgan fingerprint density at radius 3 is 2.24 bits per heavy atom. The molecular formula is C21H26N2O2. The molecule has 1 N–H and O–H groups in total. The lowest BCUT2D eigenvalue weighted by atomic mass is 9.87. The summed E-state index contributed by atoms with van der Waals surface area (Å²) in [6.45, 7) is 8.42. The molecule has 0 spiro atoms. The summed E-state index contributed by atoms with van der Waals surface area (Å²) in [6.07, 6.45) is 0.736. The average Bonchev–Trinajstić information content (AvgIpc) is 2.61. The van der Waals surface area contributed by atoms with E-state index in [9.17, 15) is 4.79 Å². The van der Waals surface area contributed by atoms with E-state index in [4.69, 9.17) is 4.74 Å². The Labute approximate surface area is 149 Å². The monoisotopic (exact) mass is 338 g/mol. The van der Waals surface area contributed by atoms with Crippen LogP contribution in [0.4, 0.5) is 0 Å². The number of hydrogen-bond donors (Lipinski definition) is 1. The van der Waals surface area contributed by atoms with Crippen molar-refractivity contribution in [2.45, 2.75) is 39.5 Å². The number of hydrogen-bond acceptors (Lipinski definition) is 3. The third-order valence-corrected chi connectivity index (χ3v) is 3.85. The molecule has 0 aliphatic heterocycles. The quantitative estimate of drug-likeness (QED) is 0.631. The highest BCUT2D eigenvalue weighted by Gasteiger charge is 2.13. The maximum Gasteiger partial charge on any atom is 0.277 e. The summed E-state index contributed by atoms with van der Waals surface area (Å²) in [5.41, 5.74) is 5.72.